The molecule has 0 amide bonds. The molecule has 0 spiro atoms. The van der Waals surface area contributed by atoms with Gasteiger partial charge >= 0.3 is 0 Å². The summed E-state index contributed by atoms with van der Waals surface area (Å²) in [5.74, 6) is 0. The second kappa shape index (κ2) is 4.04. The van der Waals surface area contributed by atoms with Gasteiger partial charge in [0.05, 0.1) is 6.61 Å². The fourth-order valence-corrected chi connectivity index (χ4v) is 1.64. The number of aliphatic hydroxyl groups excluding tert-OH is 1. The standard InChI is InChI=1S/C8H18N2O/c1-3-10-5-4-9(2)6-8(10)7-11/h8,11H,3-7H2,1-2H3/t8-/m1/s1. The minimum Gasteiger partial charge on any atom is -0.395 e. The highest BCUT2D eigenvalue weighted by molar-refractivity contribution is 4.78. The van der Waals surface area contributed by atoms with Crippen molar-refractivity contribution in [2.75, 3.05) is 39.8 Å². The third-order valence-corrected chi connectivity index (χ3v) is 2.42. The molecule has 1 rings (SSSR count). The van der Waals surface area contributed by atoms with Gasteiger partial charge in [0.25, 0.3) is 0 Å². The van der Waals surface area contributed by atoms with Gasteiger partial charge in [-0.2, -0.15) is 0 Å². The molecule has 11 heavy (non-hydrogen) atoms. The van der Waals surface area contributed by atoms with E-state index < -0.39 is 0 Å². The first-order chi connectivity index (χ1) is 5.27. The first-order valence-electron chi connectivity index (χ1n) is 4.31. The van der Waals surface area contributed by atoms with Gasteiger partial charge in [0, 0.05) is 25.7 Å². The molecule has 0 aromatic carbocycles. The number of likely N-dealkylation sites (N-methyl/N-ethyl adjacent to an activating group) is 2. The molecule has 0 aliphatic carbocycles. The molecule has 1 N–H and O–H groups in total. The summed E-state index contributed by atoms with van der Waals surface area (Å²) >= 11 is 0. The van der Waals surface area contributed by atoms with Crippen molar-refractivity contribution in [1.29, 1.82) is 0 Å². The van der Waals surface area contributed by atoms with Gasteiger partial charge < -0.3 is 10.0 Å². The van der Waals surface area contributed by atoms with Crippen LogP contribution in [0.1, 0.15) is 6.92 Å². The number of rotatable bonds is 2. The molecule has 1 fully saturated rings. The van der Waals surface area contributed by atoms with Crippen LogP contribution in [0.4, 0.5) is 0 Å². The zero-order valence-electron chi connectivity index (χ0n) is 7.45. The molecule has 3 heteroatoms. The van der Waals surface area contributed by atoms with E-state index in [0.717, 1.165) is 26.2 Å². The van der Waals surface area contributed by atoms with Gasteiger partial charge in [0.1, 0.15) is 0 Å². The molecule has 0 radical (unpaired) electrons. The minimum absolute atomic E-state index is 0.290. The summed E-state index contributed by atoms with van der Waals surface area (Å²) in [7, 11) is 2.11. The zero-order chi connectivity index (χ0) is 8.27. The molecule has 66 valence electrons. The van der Waals surface area contributed by atoms with Crippen molar-refractivity contribution in [3.05, 3.63) is 0 Å². The highest BCUT2D eigenvalue weighted by atomic mass is 16.3. The topological polar surface area (TPSA) is 26.7 Å². The van der Waals surface area contributed by atoms with Crippen molar-refractivity contribution >= 4 is 0 Å². The van der Waals surface area contributed by atoms with Gasteiger partial charge in [-0.05, 0) is 13.6 Å². The van der Waals surface area contributed by atoms with E-state index in [1.54, 1.807) is 0 Å². The molecule has 0 bridgehead atoms. The fourth-order valence-electron chi connectivity index (χ4n) is 1.64. The second-order valence-corrected chi connectivity index (χ2v) is 3.23. The Morgan fingerprint density at radius 1 is 1.45 bits per heavy atom. The maximum atomic E-state index is 9.04. The number of hydrogen-bond acceptors (Lipinski definition) is 3. The van der Waals surface area contributed by atoms with Crippen LogP contribution in [0.15, 0.2) is 0 Å². The lowest BCUT2D eigenvalue weighted by Crippen LogP contribution is -2.53. The number of hydrogen-bond donors (Lipinski definition) is 1. The Morgan fingerprint density at radius 2 is 2.18 bits per heavy atom. The summed E-state index contributed by atoms with van der Waals surface area (Å²) in [6, 6.07) is 0.360. The van der Waals surface area contributed by atoms with Crippen LogP contribution in [0.2, 0.25) is 0 Å². The SMILES string of the molecule is CCN1CCN(C)C[C@@H]1CO. The van der Waals surface area contributed by atoms with E-state index in [1.807, 2.05) is 0 Å². The maximum Gasteiger partial charge on any atom is 0.0599 e. The van der Waals surface area contributed by atoms with E-state index in [1.165, 1.54) is 0 Å². The van der Waals surface area contributed by atoms with Gasteiger partial charge in [0.2, 0.25) is 0 Å². The number of aliphatic hydroxyl groups is 1. The van der Waals surface area contributed by atoms with Crippen LogP contribution < -0.4 is 0 Å². The molecule has 3 nitrogen and oxygen atoms in total. The Kier molecular flexibility index (Phi) is 3.30. The monoisotopic (exact) mass is 158 g/mol. The highest BCUT2D eigenvalue weighted by Gasteiger charge is 2.22. The normalized spacial score (nSPS) is 29.2. The van der Waals surface area contributed by atoms with E-state index in [9.17, 15) is 0 Å². The van der Waals surface area contributed by atoms with Crippen LogP contribution in [0, 0.1) is 0 Å². The lowest BCUT2D eigenvalue weighted by Gasteiger charge is -2.38. The Labute approximate surface area is 68.6 Å². The van der Waals surface area contributed by atoms with Crippen LogP contribution in [0.5, 0.6) is 0 Å². The van der Waals surface area contributed by atoms with Crippen LogP contribution >= 0.6 is 0 Å². The van der Waals surface area contributed by atoms with E-state index in [-0.39, 0.29) is 6.61 Å². The molecule has 1 aliphatic heterocycles. The van der Waals surface area contributed by atoms with Crippen molar-refractivity contribution < 1.29 is 5.11 Å². The lowest BCUT2D eigenvalue weighted by molar-refractivity contribution is 0.0552. The van der Waals surface area contributed by atoms with Crippen LogP contribution in [0.25, 0.3) is 0 Å². The van der Waals surface area contributed by atoms with E-state index >= 15 is 0 Å². The molecule has 1 aliphatic rings. The number of piperazine rings is 1. The van der Waals surface area contributed by atoms with Crippen LogP contribution in [0.3, 0.4) is 0 Å². The molecule has 0 aromatic rings. The summed E-state index contributed by atoms with van der Waals surface area (Å²) < 4.78 is 0. The predicted molar refractivity (Wildman–Crippen MR) is 45.6 cm³/mol. The van der Waals surface area contributed by atoms with Crippen molar-refractivity contribution in [3.63, 3.8) is 0 Å². The molecule has 1 heterocycles. The van der Waals surface area contributed by atoms with E-state index in [4.69, 9.17) is 5.11 Å². The van der Waals surface area contributed by atoms with Gasteiger partial charge in [-0.1, -0.05) is 6.92 Å². The summed E-state index contributed by atoms with van der Waals surface area (Å²) in [6.07, 6.45) is 0. The fraction of sp³-hybridized carbons (Fsp3) is 1.00. The molecule has 1 atom stereocenters. The largest absolute Gasteiger partial charge is 0.395 e. The van der Waals surface area contributed by atoms with Crippen LogP contribution in [-0.4, -0.2) is 60.8 Å². The van der Waals surface area contributed by atoms with E-state index in [0.29, 0.717) is 6.04 Å². The maximum absolute atomic E-state index is 9.04. The van der Waals surface area contributed by atoms with Crippen molar-refractivity contribution in [3.8, 4) is 0 Å². The number of nitrogens with zero attached hydrogens (tertiary/aromatic N) is 2. The predicted octanol–water partition coefficient (Wildman–Crippen LogP) is -0.385. The molecule has 0 unspecified atom stereocenters. The highest BCUT2D eigenvalue weighted by Crippen LogP contribution is 2.06. The third kappa shape index (κ3) is 2.15. The van der Waals surface area contributed by atoms with Crippen molar-refractivity contribution in [2.24, 2.45) is 0 Å². The lowest BCUT2D eigenvalue weighted by atomic mass is 10.2. The Bertz CT molecular complexity index is 119. The molecule has 0 aromatic heterocycles. The third-order valence-electron chi connectivity index (χ3n) is 2.42. The summed E-state index contributed by atoms with van der Waals surface area (Å²) in [4.78, 5) is 4.60. The second-order valence-electron chi connectivity index (χ2n) is 3.23. The van der Waals surface area contributed by atoms with Crippen LogP contribution in [-0.2, 0) is 0 Å². The average molecular weight is 158 g/mol. The smallest absolute Gasteiger partial charge is 0.0599 e. The van der Waals surface area contributed by atoms with Gasteiger partial charge in [-0.15, -0.1) is 0 Å². The Hall–Kier alpha value is -0.120. The molecular weight excluding hydrogens is 140 g/mol. The van der Waals surface area contributed by atoms with E-state index in [2.05, 4.69) is 23.8 Å². The van der Waals surface area contributed by atoms with Gasteiger partial charge in [-0.3, -0.25) is 4.90 Å². The quantitative estimate of drug-likeness (QED) is 0.593. The van der Waals surface area contributed by atoms with Gasteiger partial charge in [-0.25, -0.2) is 0 Å². The Balaban J connectivity index is 2.41. The minimum atomic E-state index is 0.290. The molecular formula is C8H18N2O. The first-order valence-corrected chi connectivity index (χ1v) is 4.31. The van der Waals surface area contributed by atoms with Crippen molar-refractivity contribution in [1.82, 2.24) is 9.80 Å². The summed E-state index contributed by atoms with van der Waals surface area (Å²) in [6.45, 7) is 6.72. The zero-order valence-corrected chi connectivity index (χ0v) is 7.45. The Morgan fingerprint density at radius 3 is 2.73 bits per heavy atom. The van der Waals surface area contributed by atoms with Crippen molar-refractivity contribution in [2.45, 2.75) is 13.0 Å². The average Bonchev–Trinajstić information content (AvgIpc) is 2.04. The van der Waals surface area contributed by atoms with Gasteiger partial charge in [0.15, 0.2) is 0 Å². The molecule has 0 saturated carbocycles. The first kappa shape index (κ1) is 8.97. The molecule has 1 saturated heterocycles. The summed E-state index contributed by atoms with van der Waals surface area (Å²) in [5.41, 5.74) is 0. The summed E-state index contributed by atoms with van der Waals surface area (Å²) in [5, 5.41) is 9.04.